The van der Waals surface area contributed by atoms with Crippen LogP contribution in [-0.4, -0.2) is 22.4 Å². The number of benzene rings is 1. The summed E-state index contributed by atoms with van der Waals surface area (Å²) in [6, 6.07) is 9.71. The largest absolute Gasteiger partial charge is 0.389 e. The van der Waals surface area contributed by atoms with Crippen LogP contribution >= 0.6 is 0 Å². The third-order valence-corrected chi connectivity index (χ3v) is 2.64. The Kier molecular flexibility index (Phi) is 5.23. The van der Waals surface area contributed by atoms with E-state index in [1.165, 1.54) is 0 Å². The summed E-state index contributed by atoms with van der Waals surface area (Å²) in [7, 11) is 0. The van der Waals surface area contributed by atoms with E-state index < -0.39 is 12.2 Å². The highest BCUT2D eigenvalue weighted by Crippen LogP contribution is 2.21. The maximum Gasteiger partial charge on any atom is 0.0791 e. The lowest BCUT2D eigenvalue weighted by atomic mass is 9.97. The second-order valence-electron chi connectivity index (χ2n) is 3.89. The Morgan fingerprint density at radius 2 is 1.75 bits per heavy atom. The van der Waals surface area contributed by atoms with Crippen molar-refractivity contribution >= 4 is 5.57 Å². The fourth-order valence-corrected chi connectivity index (χ4v) is 1.58. The van der Waals surface area contributed by atoms with Gasteiger partial charge >= 0.3 is 0 Å². The van der Waals surface area contributed by atoms with Gasteiger partial charge in [0.15, 0.2) is 0 Å². The number of hydrogen-bond acceptors (Lipinski definition) is 2. The van der Waals surface area contributed by atoms with Crippen LogP contribution in [0.2, 0.25) is 0 Å². The molecule has 0 fully saturated rings. The maximum absolute atomic E-state index is 9.94. The third kappa shape index (κ3) is 3.47. The molecule has 0 amide bonds. The third-order valence-electron chi connectivity index (χ3n) is 2.64. The minimum Gasteiger partial charge on any atom is -0.389 e. The Labute approximate surface area is 97.2 Å². The first-order chi connectivity index (χ1) is 7.69. The smallest absolute Gasteiger partial charge is 0.0791 e. The van der Waals surface area contributed by atoms with Gasteiger partial charge in [0.1, 0.15) is 0 Å². The highest BCUT2D eigenvalue weighted by molar-refractivity contribution is 5.69. The summed E-state index contributed by atoms with van der Waals surface area (Å²) in [4.78, 5) is 0. The zero-order chi connectivity index (χ0) is 12.0. The van der Waals surface area contributed by atoms with E-state index in [4.69, 9.17) is 0 Å². The van der Waals surface area contributed by atoms with Crippen molar-refractivity contribution in [1.82, 2.24) is 0 Å². The average molecular weight is 220 g/mol. The highest BCUT2D eigenvalue weighted by atomic mass is 16.3. The number of hydrogen-bond donors (Lipinski definition) is 2. The lowest BCUT2D eigenvalue weighted by Gasteiger charge is -2.15. The van der Waals surface area contributed by atoms with E-state index in [1.54, 1.807) is 6.08 Å². The van der Waals surface area contributed by atoms with Gasteiger partial charge in [-0.15, -0.1) is 0 Å². The monoisotopic (exact) mass is 220 g/mol. The van der Waals surface area contributed by atoms with Gasteiger partial charge in [0.25, 0.3) is 0 Å². The van der Waals surface area contributed by atoms with Crippen molar-refractivity contribution in [3.63, 3.8) is 0 Å². The molecule has 0 radical (unpaired) electrons. The Balaban J connectivity index is 3.01. The molecule has 2 N–H and O–H groups in total. The van der Waals surface area contributed by atoms with Gasteiger partial charge in [0.2, 0.25) is 0 Å². The van der Waals surface area contributed by atoms with Crippen LogP contribution in [0.25, 0.3) is 5.57 Å². The molecule has 0 saturated heterocycles. The lowest BCUT2D eigenvalue weighted by Crippen LogP contribution is -2.11. The van der Waals surface area contributed by atoms with E-state index in [0.29, 0.717) is 12.8 Å². The van der Waals surface area contributed by atoms with Crippen molar-refractivity contribution in [3.8, 4) is 0 Å². The van der Waals surface area contributed by atoms with Gasteiger partial charge in [-0.25, -0.2) is 0 Å². The van der Waals surface area contributed by atoms with E-state index in [2.05, 4.69) is 0 Å². The van der Waals surface area contributed by atoms with Gasteiger partial charge in [0, 0.05) is 0 Å². The zero-order valence-electron chi connectivity index (χ0n) is 9.93. The Morgan fingerprint density at radius 3 is 2.25 bits per heavy atom. The number of aliphatic hydroxyl groups is 2. The van der Waals surface area contributed by atoms with Crippen LogP contribution in [0.5, 0.6) is 0 Å². The second-order valence-corrected chi connectivity index (χ2v) is 3.89. The van der Waals surface area contributed by atoms with Crippen molar-refractivity contribution in [2.24, 2.45) is 0 Å². The van der Waals surface area contributed by atoms with Crippen LogP contribution < -0.4 is 0 Å². The van der Waals surface area contributed by atoms with E-state index in [1.807, 2.05) is 44.2 Å². The van der Waals surface area contributed by atoms with Crippen LogP contribution in [0.3, 0.4) is 0 Å². The van der Waals surface area contributed by atoms with Gasteiger partial charge < -0.3 is 10.2 Å². The molecule has 0 spiro atoms. The predicted octanol–water partition coefficient (Wildman–Crippen LogP) is 2.61. The topological polar surface area (TPSA) is 40.5 Å². The van der Waals surface area contributed by atoms with Crippen molar-refractivity contribution in [1.29, 1.82) is 0 Å². The van der Waals surface area contributed by atoms with Crippen LogP contribution in [0, 0.1) is 0 Å². The van der Waals surface area contributed by atoms with E-state index in [0.717, 1.165) is 11.1 Å². The fourth-order valence-electron chi connectivity index (χ4n) is 1.58. The molecule has 2 nitrogen and oxygen atoms in total. The molecule has 0 aromatic heterocycles. The summed E-state index contributed by atoms with van der Waals surface area (Å²) in [5, 5.41) is 19.6. The van der Waals surface area contributed by atoms with E-state index >= 15 is 0 Å². The molecule has 1 aromatic rings. The quantitative estimate of drug-likeness (QED) is 0.800. The molecule has 0 saturated carbocycles. The van der Waals surface area contributed by atoms with Crippen LogP contribution in [-0.2, 0) is 0 Å². The lowest BCUT2D eigenvalue weighted by molar-refractivity contribution is 0.209. The molecule has 16 heavy (non-hydrogen) atoms. The molecule has 0 bridgehead atoms. The van der Waals surface area contributed by atoms with E-state index in [-0.39, 0.29) is 0 Å². The Hall–Kier alpha value is -1.12. The summed E-state index contributed by atoms with van der Waals surface area (Å²) in [5.74, 6) is 0. The Bertz CT molecular complexity index is 330. The molecular formula is C14H20O2. The summed E-state index contributed by atoms with van der Waals surface area (Å²) in [6.45, 7) is 3.85. The normalized spacial score (nSPS) is 15.9. The van der Waals surface area contributed by atoms with Gasteiger partial charge in [-0.1, -0.05) is 44.2 Å². The van der Waals surface area contributed by atoms with E-state index in [9.17, 15) is 10.2 Å². The molecule has 0 unspecified atom stereocenters. The zero-order valence-corrected chi connectivity index (χ0v) is 9.93. The second kappa shape index (κ2) is 6.46. The number of rotatable bonds is 5. The first kappa shape index (κ1) is 12.9. The SMILES string of the molecule is CC[C@H](O)/C=C(/c1ccccc1)[C@@H](O)CC. The van der Waals surface area contributed by atoms with Gasteiger partial charge in [0.05, 0.1) is 12.2 Å². The van der Waals surface area contributed by atoms with Crippen LogP contribution in [0.1, 0.15) is 32.3 Å². The molecule has 1 aromatic carbocycles. The molecule has 2 atom stereocenters. The Morgan fingerprint density at radius 1 is 1.12 bits per heavy atom. The highest BCUT2D eigenvalue weighted by Gasteiger charge is 2.12. The maximum atomic E-state index is 9.94. The molecule has 0 aliphatic rings. The van der Waals surface area contributed by atoms with Gasteiger partial charge in [-0.05, 0) is 30.1 Å². The standard InChI is InChI=1S/C14H20O2/c1-3-12(15)10-13(14(16)4-2)11-8-6-5-7-9-11/h5-10,12,14-16H,3-4H2,1-2H3/b13-10-/t12-,14-/m0/s1. The molecule has 88 valence electrons. The molecule has 2 heteroatoms. The molecular weight excluding hydrogens is 200 g/mol. The van der Waals surface area contributed by atoms with Crippen LogP contribution in [0.4, 0.5) is 0 Å². The molecule has 0 aliphatic heterocycles. The molecule has 0 aliphatic carbocycles. The molecule has 1 rings (SSSR count). The van der Waals surface area contributed by atoms with Gasteiger partial charge in [-0.2, -0.15) is 0 Å². The summed E-state index contributed by atoms with van der Waals surface area (Å²) >= 11 is 0. The predicted molar refractivity (Wildman–Crippen MR) is 67.0 cm³/mol. The summed E-state index contributed by atoms with van der Waals surface area (Å²) in [5.41, 5.74) is 1.79. The van der Waals surface area contributed by atoms with Crippen molar-refractivity contribution in [2.45, 2.75) is 38.9 Å². The first-order valence-corrected chi connectivity index (χ1v) is 5.82. The van der Waals surface area contributed by atoms with Crippen LogP contribution in [0.15, 0.2) is 36.4 Å². The number of aliphatic hydroxyl groups excluding tert-OH is 2. The summed E-state index contributed by atoms with van der Waals surface area (Å²) < 4.78 is 0. The van der Waals surface area contributed by atoms with Gasteiger partial charge in [-0.3, -0.25) is 0 Å². The molecule has 0 heterocycles. The van der Waals surface area contributed by atoms with Crippen molar-refractivity contribution in [3.05, 3.63) is 42.0 Å². The first-order valence-electron chi connectivity index (χ1n) is 5.82. The minimum atomic E-state index is -0.511. The van der Waals surface area contributed by atoms with Crippen molar-refractivity contribution < 1.29 is 10.2 Å². The fraction of sp³-hybridized carbons (Fsp3) is 0.429. The average Bonchev–Trinajstić information content (AvgIpc) is 2.35. The summed E-state index contributed by atoms with van der Waals surface area (Å²) in [6.07, 6.45) is 2.06. The van der Waals surface area contributed by atoms with Crippen molar-refractivity contribution in [2.75, 3.05) is 0 Å². The minimum absolute atomic E-state index is 0.489.